The summed E-state index contributed by atoms with van der Waals surface area (Å²) in [6.45, 7) is 5.18. The van der Waals surface area contributed by atoms with E-state index < -0.39 is 17.0 Å². The van der Waals surface area contributed by atoms with Crippen LogP contribution < -0.4 is 4.74 Å². The van der Waals surface area contributed by atoms with Crippen molar-refractivity contribution in [2.24, 2.45) is 0 Å². The molecule has 5 heteroatoms. The first-order chi connectivity index (χ1) is 14.1. The first-order valence-electron chi connectivity index (χ1n) is 9.73. The summed E-state index contributed by atoms with van der Waals surface area (Å²) in [4.78, 5) is 12.6. The van der Waals surface area contributed by atoms with Crippen LogP contribution >= 0.6 is 0 Å². The highest BCUT2D eigenvalue weighted by Gasteiger charge is 2.31. The Bertz CT molecular complexity index is 1030. The Balaban J connectivity index is 1.86. The number of aromatic hydroxyl groups is 2. The number of hydrogen-bond donors (Lipinski definition) is 3. The summed E-state index contributed by atoms with van der Waals surface area (Å²) >= 11 is 0. The van der Waals surface area contributed by atoms with Gasteiger partial charge in [-0.3, -0.25) is 4.79 Å². The van der Waals surface area contributed by atoms with Gasteiger partial charge in [0.15, 0.2) is 17.3 Å². The van der Waals surface area contributed by atoms with Crippen molar-refractivity contribution in [3.05, 3.63) is 77.4 Å². The van der Waals surface area contributed by atoms with Crippen molar-refractivity contribution < 1.29 is 24.9 Å². The van der Waals surface area contributed by atoms with Crippen LogP contribution in [0.15, 0.2) is 60.7 Å². The maximum atomic E-state index is 12.6. The van der Waals surface area contributed by atoms with Crippen LogP contribution in [0.1, 0.15) is 48.7 Å². The molecule has 1 aliphatic rings. The van der Waals surface area contributed by atoms with Crippen LogP contribution in [0.4, 0.5) is 0 Å². The Kier molecular flexibility index (Phi) is 5.85. The minimum atomic E-state index is -0.935. The molecule has 3 N–H and O–H groups in total. The number of rotatable bonds is 6. The summed E-state index contributed by atoms with van der Waals surface area (Å²) in [5, 5.41) is 30.9. The summed E-state index contributed by atoms with van der Waals surface area (Å²) in [7, 11) is 0. The minimum absolute atomic E-state index is 0.00258. The number of carbonyl (C=O) groups is 1. The zero-order chi connectivity index (χ0) is 21.9. The van der Waals surface area contributed by atoms with Crippen molar-refractivity contribution in [1.29, 1.82) is 0 Å². The second-order valence-corrected chi connectivity index (χ2v) is 8.15. The molecule has 1 unspecified atom stereocenters. The Morgan fingerprint density at radius 1 is 1.20 bits per heavy atom. The van der Waals surface area contributed by atoms with Crippen LogP contribution in [0.3, 0.4) is 0 Å². The molecule has 0 radical (unpaired) electrons. The number of carbonyl (C=O) groups excluding carboxylic acids is 1. The monoisotopic (exact) mass is 406 g/mol. The van der Waals surface area contributed by atoms with Crippen molar-refractivity contribution in [2.75, 3.05) is 0 Å². The van der Waals surface area contributed by atoms with Crippen LogP contribution in [-0.4, -0.2) is 32.3 Å². The van der Waals surface area contributed by atoms with Crippen molar-refractivity contribution in [3.63, 3.8) is 0 Å². The molecule has 2 aromatic carbocycles. The van der Waals surface area contributed by atoms with Gasteiger partial charge in [0.2, 0.25) is 0 Å². The fraction of sp³-hybridized carbons (Fsp3) is 0.240. The first-order valence-corrected chi connectivity index (χ1v) is 9.73. The molecule has 0 spiro atoms. The van der Waals surface area contributed by atoms with E-state index in [1.165, 1.54) is 12.1 Å². The van der Waals surface area contributed by atoms with Gasteiger partial charge in [-0.25, -0.2) is 0 Å². The summed E-state index contributed by atoms with van der Waals surface area (Å²) in [6, 6.07) is 10.5. The molecule has 0 saturated carbocycles. The van der Waals surface area contributed by atoms with E-state index >= 15 is 0 Å². The molecule has 0 aliphatic carbocycles. The van der Waals surface area contributed by atoms with E-state index in [0.29, 0.717) is 6.42 Å². The molecule has 1 heterocycles. The van der Waals surface area contributed by atoms with Crippen molar-refractivity contribution in [2.45, 2.75) is 38.4 Å². The Hall–Kier alpha value is -3.31. The van der Waals surface area contributed by atoms with Gasteiger partial charge in [0, 0.05) is 6.42 Å². The summed E-state index contributed by atoms with van der Waals surface area (Å²) in [5.74, 6) is -0.765. The number of benzene rings is 2. The average Bonchev–Trinajstić information content (AvgIpc) is 2.68. The summed E-state index contributed by atoms with van der Waals surface area (Å²) in [6.07, 6.45) is 10.3. The smallest absolute Gasteiger partial charge is 0.189 e. The zero-order valence-electron chi connectivity index (χ0n) is 17.3. The molecule has 2 aromatic rings. The van der Waals surface area contributed by atoms with Crippen LogP contribution in [0.2, 0.25) is 0 Å². The number of phenolic OH excluding ortho intramolecular Hbond substituents is 2. The van der Waals surface area contributed by atoms with Gasteiger partial charge < -0.3 is 20.1 Å². The van der Waals surface area contributed by atoms with Crippen molar-refractivity contribution in [1.82, 2.24) is 0 Å². The minimum Gasteiger partial charge on any atom is -0.506 e. The molecule has 5 nitrogen and oxygen atoms in total. The quantitative estimate of drug-likeness (QED) is 0.276. The van der Waals surface area contributed by atoms with Crippen LogP contribution in [0.5, 0.6) is 17.2 Å². The number of hydrogen-bond acceptors (Lipinski definition) is 5. The highest BCUT2D eigenvalue weighted by molar-refractivity contribution is 6.10. The number of ketones is 1. The normalized spacial score (nSPS) is 18.5. The van der Waals surface area contributed by atoms with Crippen molar-refractivity contribution >= 4 is 17.9 Å². The average molecular weight is 406 g/mol. The van der Waals surface area contributed by atoms with E-state index in [-0.39, 0.29) is 28.4 Å². The van der Waals surface area contributed by atoms with Crippen LogP contribution in [-0.2, 0) is 0 Å². The van der Waals surface area contributed by atoms with Gasteiger partial charge in [-0.05, 0) is 50.6 Å². The molecular weight excluding hydrogens is 380 g/mol. The lowest BCUT2D eigenvalue weighted by molar-refractivity contribution is 0.104. The van der Waals surface area contributed by atoms with Gasteiger partial charge in [0.05, 0.1) is 16.7 Å². The van der Waals surface area contributed by atoms with E-state index in [4.69, 9.17) is 4.74 Å². The number of aliphatic hydroxyl groups is 1. The first kappa shape index (κ1) is 21.4. The maximum absolute atomic E-state index is 12.6. The largest absolute Gasteiger partial charge is 0.506 e. The number of allylic oxidation sites excluding steroid dienone is 1. The molecule has 1 atom stereocenters. The zero-order valence-corrected chi connectivity index (χ0v) is 17.3. The maximum Gasteiger partial charge on any atom is 0.189 e. The van der Waals surface area contributed by atoms with Crippen LogP contribution in [0, 0.1) is 0 Å². The lowest BCUT2D eigenvalue weighted by atomic mass is 9.93. The Morgan fingerprint density at radius 2 is 1.90 bits per heavy atom. The van der Waals surface area contributed by atoms with Gasteiger partial charge in [0.1, 0.15) is 11.4 Å². The number of fused-ring (bicyclic) bond motifs is 1. The predicted molar refractivity (Wildman–Crippen MR) is 118 cm³/mol. The third-order valence-corrected chi connectivity index (χ3v) is 4.75. The summed E-state index contributed by atoms with van der Waals surface area (Å²) < 4.78 is 5.95. The van der Waals surface area contributed by atoms with E-state index in [1.54, 1.807) is 44.2 Å². The molecule has 0 amide bonds. The molecule has 0 bridgehead atoms. The Morgan fingerprint density at radius 3 is 2.57 bits per heavy atom. The lowest BCUT2D eigenvalue weighted by Crippen LogP contribution is -2.31. The Labute approximate surface area is 176 Å². The highest BCUT2D eigenvalue weighted by atomic mass is 16.5. The fourth-order valence-corrected chi connectivity index (χ4v) is 3.15. The molecular formula is C25H26O5. The number of ether oxygens (including phenoxy) is 1. The molecule has 156 valence electrons. The van der Waals surface area contributed by atoms with Crippen molar-refractivity contribution in [3.8, 4) is 17.2 Å². The van der Waals surface area contributed by atoms with Gasteiger partial charge >= 0.3 is 0 Å². The van der Waals surface area contributed by atoms with Gasteiger partial charge in [-0.2, -0.15) is 0 Å². The van der Waals surface area contributed by atoms with Gasteiger partial charge in [0.25, 0.3) is 0 Å². The molecule has 1 aliphatic heterocycles. The molecule has 3 rings (SSSR count). The highest BCUT2D eigenvalue weighted by Crippen LogP contribution is 2.45. The fourth-order valence-electron chi connectivity index (χ4n) is 3.15. The predicted octanol–water partition coefficient (Wildman–Crippen LogP) is 4.88. The number of phenols is 2. The van der Waals surface area contributed by atoms with E-state index in [2.05, 4.69) is 0 Å². The molecule has 0 saturated heterocycles. The SMILES string of the molecule is CC(C)(O)C=CCC1(C)C=Cc2c(O)c(C(=O)C=Cc3ccccc3)cc(O)c2O1. The second-order valence-electron chi connectivity index (χ2n) is 8.15. The van der Waals surface area contributed by atoms with Gasteiger partial charge in [-0.15, -0.1) is 0 Å². The van der Waals surface area contributed by atoms with E-state index in [9.17, 15) is 20.1 Å². The van der Waals surface area contributed by atoms with E-state index in [0.717, 1.165) is 5.56 Å². The van der Waals surface area contributed by atoms with Crippen LogP contribution in [0.25, 0.3) is 12.2 Å². The molecule has 0 fully saturated rings. The van der Waals surface area contributed by atoms with E-state index in [1.807, 2.05) is 37.3 Å². The second kappa shape index (κ2) is 8.20. The summed E-state index contributed by atoms with van der Waals surface area (Å²) in [5.41, 5.74) is -0.592. The topological polar surface area (TPSA) is 87.0 Å². The lowest BCUT2D eigenvalue weighted by Gasteiger charge is -2.32. The van der Waals surface area contributed by atoms with Gasteiger partial charge in [-0.1, -0.05) is 48.6 Å². The molecule has 0 aromatic heterocycles. The molecule has 30 heavy (non-hydrogen) atoms. The third-order valence-electron chi connectivity index (χ3n) is 4.75. The third kappa shape index (κ3) is 4.99. The standard InChI is InChI=1S/C25H26O5/c1-24(2,29)13-7-14-25(3)15-12-18-22(28)19(16-21(27)23(18)30-25)20(26)11-10-17-8-5-4-6-9-17/h4-13,15-16,27-29H,14H2,1-3H3.